The Morgan fingerprint density at radius 2 is 1.86 bits per heavy atom. The molecule has 1 aromatic heterocycles. The van der Waals surface area contributed by atoms with Crippen molar-refractivity contribution in [2.24, 2.45) is 0 Å². The number of aldehydes is 1. The van der Waals surface area contributed by atoms with E-state index in [0.717, 1.165) is 11.1 Å². The number of esters is 1. The highest BCUT2D eigenvalue weighted by molar-refractivity contribution is 6.05. The third-order valence-electron chi connectivity index (χ3n) is 3.29. The summed E-state index contributed by atoms with van der Waals surface area (Å²) in [5.41, 5.74) is 8.96. The lowest BCUT2D eigenvalue weighted by Crippen LogP contribution is -2.12. The normalized spacial score (nSPS) is 10.2. The number of methoxy groups -OCH3 is 1. The van der Waals surface area contributed by atoms with E-state index in [2.05, 4.69) is 4.98 Å². The maximum absolute atomic E-state index is 12.1. The summed E-state index contributed by atoms with van der Waals surface area (Å²) < 4.78 is 4.81. The van der Waals surface area contributed by atoms with Gasteiger partial charge < -0.3 is 10.5 Å². The summed E-state index contributed by atoms with van der Waals surface area (Å²) in [5, 5.41) is 0. The number of aryl methyl sites for hydroxylation is 2. The topological polar surface area (TPSA) is 82.3 Å². The van der Waals surface area contributed by atoms with E-state index < -0.39 is 5.97 Å². The Hall–Kier alpha value is -2.69. The molecule has 0 saturated heterocycles. The quantitative estimate of drug-likeness (QED) is 0.692. The Bertz CT molecular complexity index is 706. The van der Waals surface area contributed by atoms with Crippen LogP contribution in [-0.2, 0) is 4.74 Å². The first-order valence-corrected chi connectivity index (χ1v) is 6.40. The zero-order valence-electron chi connectivity index (χ0n) is 12.1. The van der Waals surface area contributed by atoms with Gasteiger partial charge in [-0.1, -0.05) is 29.8 Å². The summed E-state index contributed by atoms with van der Waals surface area (Å²) in [6, 6.07) is 7.47. The second-order valence-electron chi connectivity index (χ2n) is 4.72. The number of hydrogen-bond donors (Lipinski definition) is 1. The van der Waals surface area contributed by atoms with Crippen molar-refractivity contribution in [2.45, 2.75) is 13.8 Å². The smallest absolute Gasteiger partial charge is 0.340 e. The van der Waals surface area contributed by atoms with Crippen molar-refractivity contribution in [1.82, 2.24) is 4.98 Å². The van der Waals surface area contributed by atoms with Crippen LogP contribution < -0.4 is 5.73 Å². The molecule has 5 nitrogen and oxygen atoms in total. The molecule has 0 unspecified atom stereocenters. The van der Waals surface area contributed by atoms with E-state index >= 15 is 0 Å². The first-order chi connectivity index (χ1) is 9.99. The van der Waals surface area contributed by atoms with Crippen molar-refractivity contribution in [1.29, 1.82) is 0 Å². The Kier molecular flexibility index (Phi) is 4.03. The number of carbonyl (C=O) groups excluding carboxylic acids is 2. The number of anilines is 1. The lowest BCUT2D eigenvalue weighted by atomic mass is 9.94. The summed E-state index contributed by atoms with van der Waals surface area (Å²) in [6.07, 6.45) is 0.614. The highest BCUT2D eigenvalue weighted by Crippen LogP contribution is 2.32. The fourth-order valence-electron chi connectivity index (χ4n) is 2.23. The SMILES string of the molecule is COC(=O)c1c(C)nc(N)c(C=O)c1-c1ccc(C)cc1. The zero-order valence-corrected chi connectivity index (χ0v) is 12.1. The minimum atomic E-state index is -0.543. The number of aromatic nitrogens is 1. The van der Waals surface area contributed by atoms with Crippen LogP contribution >= 0.6 is 0 Å². The summed E-state index contributed by atoms with van der Waals surface area (Å²) >= 11 is 0. The minimum absolute atomic E-state index is 0.103. The number of nitrogens with zero attached hydrogens (tertiary/aromatic N) is 1. The number of ether oxygens (including phenoxy) is 1. The van der Waals surface area contributed by atoms with Gasteiger partial charge >= 0.3 is 5.97 Å². The third kappa shape index (κ3) is 2.63. The monoisotopic (exact) mass is 284 g/mol. The number of pyridine rings is 1. The molecule has 0 spiro atoms. The highest BCUT2D eigenvalue weighted by Gasteiger charge is 2.23. The molecular weight excluding hydrogens is 268 g/mol. The molecule has 0 aliphatic carbocycles. The number of carbonyl (C=O) groups is 2. The highest BCUT2D eigenvalue weighted by atomic mass is 16.5. The molecule has 0 aliphatic heterocycles. The average molecular weight is 284 g/mol. The first-order valence-electron chi connectivity index (χ1n) is 6.40. The van der Waals surface area contributed by atoms with Crippen LogP contribution in [0.5, 0.6) is 0 Å². The van der Waals surface area contributed by atoms with E-state index in [1.807, 2.05) is 31.2 Å². The van der Waals surface area contributed by atoms with Crippen molar-refractivity contribution in [3.63, 3.8) is 0 Å². The fourth-order valence-corrected chi connectivity index (χ4v) is 2.23. The summed E-state index contributed by atoms with van der Waals surface area (Å²) in [4.78, 5) is 27.5. The minimum Gasteiger partial charge on any atom is -0.465 e. The Balaban J connectivity index is 2.85. The zero-order chi connectivity index (χ0) is 15.6. The van der Waals surface area contributed by atoms with Gasteiger partial charge in [0.1, 0.15) is 5.82 Å². The first kappa shape index (κ1) is 14.7. The Morgan fingerprint density at radius 1 is 1.24 bits per heavy atom. The van der Waals surface area contributed by atoms with Crippen LogP contribution in [0.25, 0.3) is 11.1 Å². The molecular formula is C16H16N2O3. The summed E-state index contributed by atoms with van der Waals surface area (Å²) in [5.74, 6) is -0.440. The van der Waals surface area contributed by atoms with Gasteiger partial charge in [-0.05, 0) is 19.4 Å². The van der Waals surface area contributed by atoms with Crippen LogP contribution in [0, 0.1) is 13.8 Å². The Morgan fingerprint density at radius 3 is 2.38 bits per heavy atom. The molecule has 2 N–H and O–H groups in total. The van der Waals surface area contributed by atoms with Gasteiger partial charge in [0.05, 0.1) is 23.9 Å². The number of rotatable bonds is 3. The molecule has 5 heteroatoms. The molecule has 108 valence electrons. The number of hydrogen-bond acceptors (Lipinski definition) is 5. The van der Waals surface area contributed by atoms with Crippen LogP contribution in [0.4, 0.5) is 5.82 Å². The van der Waals surface area contributed by atoms with E-state index in [1.54, 1.807) is 6.92 Å². The molecule has 0 fully saturated rings. The molecule has 0 bridgehead atoms. The number of nitrogens with two attached hydrogens (primary N) is 1. The van der Waals surface area contributed by atoms with Crippen LogP contribution in [0.2, 0.25) is 0 Å². The fraction of sp³-hybridized carbons (Fsp3) is 0.188. The molecule has 2 rings (SSSR count). The van der Waals surface area contributed by atoms with Gasteiger partial charge in [-0.15, -0.1) is 0 Å². The number of nitrogen functional groups attached to an aromatic ring is 1. The van der Waals surface area contributed by atoms with Crippen molar-refractivity contribution >= 4 is 18.1 Å². The average Bonchev–Trinajstić information content (AvgIpc) is 2.46. The van der Waals surface area contributed by atoms with Crippen LogP contribution in [0.15, 0.2) is 24.3 Å². The Labute approximate surface area is 122 Å². The molecule has 0 radical (unpaired) electrons. The molecule has 0 aliphatic rings. The van der Waals surface area contributed by atoms with E-state index in [-0.39, 0.29) is 16.9 Å². The van der Waals surface area contributed by atoms with Crippen molar-refractivity contribution in [3.8, 4) is 11.1 Å². The lowest BCUT2D eigenvalue weighted by Gasteiger charge is -2.15. The predicted molar refractivity (Wildman–Crippen MR) is 80.3 cm³/mol. The molecule has 21 heavy (non-hydrogen) atoms. The van der Waals surface area contributed by atoms with Gasteiger partial charge in [-0.2, -0.15) is 0 Å². The summed E-state index contributed by atoms with van der Waals surface area (Å²) in [6.45, 7) is 3.62. The van der Waals surface area contributed by atoms with E-state index in [0.29, 0.717) is 17.5 Å². The van der Waals surface area contributed by atoms with Gasteiger partial charge in [-0.3, -0.25) is 4.79 Å². The van der Waals surface area contributed by atoms with Crippen molar-refractivity contribution in [2.75, 3.05) is 12.8 Å². The molecule has 0 saturated carbocycles. The van der Waals surface area contributed by atoms with Gasteiger partial charge in [0, 0.05) is 5.56 Å². The van der Waals surface area contributed by atoms with Crippen LogP contribution in [0.3, 0.4) is 0 Å². The molecule has 0 amide bonds. The maximum Gasteiger partial charge on any atom is 0.340 e. The second-order valence-corrected chi connectivity index (χ2v) is 4.72. The van der Waals surface area contributed by atoms with Gasteiger partial charge in [0.2, 0.25) is 0 Å². The standard InChI is InChI=1S/C16H16N2O3/c1-9-4-6-11(7-5-9)14-12(8-19)15(17)18-10(2)13(14)16(20)21-3/h4-8H,1-3H3,(H2,17,18). The number of benzene rings is 1. The van der Waals surface area contributed by atoms with E-state index in [9.17, 15) is 9.59 Å². The molecule has 1 heterocycles. The van der Waals surface area contributed by atoms with E-state index in [1.165, 1.54) is 7.11 Å². The van der Waals surface area contributed by atoms with Gasteiger partial charge in [-0.25, -0.2) is 9.78 Å². The molecule has 2 aromatic rings. The van der Waals surface area contributed by atoms with Crippen LogP contribution in [-0.4, -0.2) is 24.3 Å². The van der Waals surface area contributed by atoms with Crippen molar-refractivity contribution in [3.05, 3.63) is 46.6 Å². The largest absolute Gasteiger partial charge is 0.465 e. The third-order valence-corrected chi connectivity index (χ3v) is 3.29. The lowest BCUT2D eigenvalue weighted by molar-refractivity contribution is 0.0600. The molecule has 0 atom stereocenters. The van der Waals surface area contributed by atoms with Gasteiger partial charge in [0.15, 0.2) is 6.29 Å². The predicted octanol–water partition coefficient (Wildman–Crippen LogP) is 2.55. The van der Waals surface area contributed by atoms with E-state index in [4.69, 9.17) is 10.5 Å². The van der Waals surface area contributed by atoms with Gasteiger partial charge in [0.25, 0.3) is 0 Å². The second kappa shape index (κ2) is 5.75. The maximum atomic E-state index is 12.1. The van der Waals surface area contributed by atoms with Crippen LogP contribution in [0.1, 0.15) is 32.0 Å². The molecule has 1 aromatic carbocycles. The van der Waals surface area contributed by atoms with Crippen molar-refractivity contribution < 1.29 is 14.3 Å². The summed E-state index contributed by atoms with van der Waals surface area (Å²) in [7, 11) is 1.29.